The van der Waals surface area contributed by atoms with Crippen molar-refractivity contribution < 1.29 is 18.0 Å². The topological polar surface area (TPSA) is 57.8 Å². The van der Waals surface area contributed by atoms with Crippen molar-refractivity contribution in [2.24, 2.45) is 5.92 Å². The fourth-order valence-corrected chi connectivity index (χ4v) is 2.75. The summed E-state index contributed by atoms with van der Waals surface area (Å²) in [6.45, 7) is 3.57. The van der Waals surface area contributed by atoms with Crippen LogP contribution in [0.4, 0.5) is 18.9 Å². The molecule has 0 aliphatic heterocycles. The molecular weight excluding hydrogens is 307 g/mol. The molecule has 23 heavy (non-hydrogen) atoms. The molecule has 0 saturated heterocycles. The Morgan fingerprint density at radius 1 is 1.35 bits per heavy atom. The molecule has 3 rings (SSSR count). The van der Waals surface area contributed by atoms with E-state index in [2.05, 4.69) is 15.5 Å². The zero-order valence-electron chi connectivity index (χ0n) is 12.7. The number of hydrogen-bond acceptors (Lipinski definition) is 2. The summed E-state index contributed by atoms with van der Waals surface area (Å²) in [7, 11) is 0. The molecule has 0 bridgehead atoms. The van der Waals surface area contributed by atoms with E-state index in [4.69, 9.17) is 0 Å². The lowest BCUT2D eigenvalue weighted by Gasteiger charge is -2.09. The lowest BCUT2D eigenvalue weighted by Crippen LogP contribution is -2.15. The molecule has 2 N–H and O–H groups in total. The highest BCUT2D eigenvalue weighted by atomic mass is 19.4. The summed E-state index contributed by atoms with van der Waals surface area (Å²) in [5, 5.41) is 9.59. The predicted octanol–water partition coefficient (Wildman–Crippen LogP) is 3.79. The van der Waals surface area contributed by atoms with Gasteiger partial charge < -0.3 is 5.32 Å². The molecule has 4 nitrogen and oxygen atoms in total. The first-order chi connectivity index (χ1) is 10.8. The first-order valence-corrected chi connectivity index (χ1v) is 7.27. The number of alkyl halides is 3. The molecule has 1 aliphatic carbocycles. The van der Waals surface area contributed by atoms with Crippen LogP contribution < -0.4 is 5.32 Å². The molecule has 1 heterocycles. The number of aryl methyl sites for hydroxylation is 2. The number of H-pyrrole nitrogens is 1. The highest BCUT2D eigenvalue weighted by molar-refractivity contribution is 5.96. The number of carbonyl (C=O) groups excluding carboxylic acids is 1. The lowest BCUT2D eigenvalue weighted by molar-refractivity contribution is -0.137. The van der Waals surface area contributed by atoms with Crippen LogP contribution >= 0.6 is 0 Å². The molecule has 0 spiro atoms. The molecule has 0 unspecified atom stereocenters. The van der Waals surface area contributed by atoms with Gasteiger partial charge in [-0.3, -0.25) is 9.89 Å². The maximum absolute atomic E-state index is 12.8. The maximum atomic E-state index is 12.8. The Labute approximate surface area is 131 Å². The predicted molar refractivity (Wildman–Crippen MR) is 79.0 cm³/mol. The Morgan fingerprint density at radius 2 is 2.09 bits per heavy atom. The minimum absolute atomic E-state index is 0.162. The van der Waals surface area contributed by atoms with Gasteiger partial charge in [0, 0.05) is 5.92 Å². The number of halogens is 3. The van der Waals surface area contributed by atoms with Crippen LogP contribution in [0.3, 0.4) is 0 Å². The Kier molecular flexibility index (Phi) is 3.66. The number of aromatic amines is 1. The van der Waals surface area contributed by atoms with Crippen molar-refractivity contribution in [1.82, 2.24) is 10.2 Å². The second-order valence-corrected chi connectivity index (χ2v) is 5.87. The molecule has 1 fully saturated rings. The van der Waals surface area contributed by atoms with Gasteiger partial charge >= 0.3 is 6.18 Å². The third kappa shape index (κ3) is 3.09. The van der Waals surface area contributed by atoms with E-state index in [0.717, 1.165) is 17.8 Å². The van der Waals surface area contributed by atoms with Gasteiger partial charge in [-0.1, -0.05) is 18.2 Å². The number of amides is 1. The lowest BCUT2D eigenvalue weighted by atomic mass is 10.1. The quantitative estimate of drug-likeness (QED) is 0.903. The Bertz CT molecular complexity index is 732. The van der Waals surface area contributed by atoms with Crippen LogP contribution in [0, 0.1) is 19.8 Å². The average molecular weight is 323 g/mol. The monoisotopic (exact) mass is 323 g/mol. The molecule has 1 aromatic carbocycles. The van der Waals surface area contributed by atoms with E-state index in [1.807, 2.05) is 0 Å². The van der Waals surface area contributed by atoms with Crippen LogP contribution in [-0.4, -0.2) is 16.1 Å². The van der Waals surface area contributed by atoms with Gasteiger partial charge in [-0.15, -0.1) is 0 Å². The summed E-state index contributed by atoms with van der Waals surface area (Å²) < 4.78 is 38.3. The van der Waals surface area contributed by atoms with Gasteiger partial charge in [0.25, 0.3) is 0 Å². The van der Waals surface area contributed by atoms with Crippen LogP contribution in [0.15, 0.2) is 24.3 Å². The van der Waals surface area contributed by atoms with Gasteiger partial charge in [0.15, 0.2) is 0 Å². The number of benzene rings is 1. The molecular formula is C16H16F3N3O. The number of hydrogen-bond donors (Lipinski definition) is 2. The molecule has 1 aliphatic rings. The van der Waals surface area contributed by atoms with E-state index in [0.29, 0.717) is 23.4 Å². The summed E-state index contributed by atoms with van der Waals surface area (Å²) in [4.78, 5) is 12.3. The van der Waals surface area contributed by atoms with Gasteiger partial charge in [0.2, 0.25) is 5.91 Å². The number of anilines is 1. The van der Waals surface area contributed by atoms with Gasteiger partial charge in [-0.2, -0.15) is 18.3 Å². The third-order valence-corrected chi connectivity index (χ3v) is 4.15. The fourth-order valence-electron chi connectivity index (χ4n) is 2.75. The smallest absolute Gasteiger partial charge is 0.323 e. The van der Waals surface area contributed by atoms with E-state index < -0.39 is 11.7 Å². The van der Waals surface area contributed by atoms with E-state index in [1.165, 1.54) is 6.07 Å². The van der Waals surface area contributed by atoms with E-state index in [9.17, 15) is 18.0 Å². The standard InChI is InChI=1S/C16H16F3N3O/c1-8-14(9(2)22-21-8)20-15(23)13-7-12(13)10-4-3-5-11(6-10)16(17,18)19/h3-6,12-13H,7H2,1-2H3,(H,20,23)(H,21,22)/t12-,13+/m1/s1. The Hall–Kier alpha value is -2.31. The first-order valence-electron chi connectivity index (χ1n) is 7.27. The molecule has 0 radical (unpaired) electrons. The van der Waals surface area contributed by atoms with E-state index >= 15 is 0 Å². The van der Waals surface area contributed by atoms with Crippen molar-refractivity contribution in [2.75, 3.05) is 5.32 Å². The molecule has 1 aromatic heterocycles. The van der Waals surface area contributed by atoms with Crippen molar-refractivity contribution in [3.8, 4) is 0 Å². The van der Waals surface area contributed by atoms with Crippen LogP contribution in [0.2, 0.25) is 0 Å². The minimum Gasteiger partial charge on any atom is -0.323 e. The average Bonchev–Trinajstić information content (AvgIpc) is 3.24. The van der Waals surface area contributed by atoms with Crippen molar-refractivity contribution >= 4 is 11.6 Å². The number of carbonyl (C=O) groups is 1. The van der Waals surface area contributed by atoms with Gasteiger partial charge in [0.1, 0.15) is 0 Å². The summed E-state index contributed by atoms with van der Waals surface area (Å²) in [5.74, 6) is -0.642. The second-order valence-electron chi connectivity index (χ2n) is 5.87. The van der Waals surface area contributed by atoms with Crippen LogP contribution in [0.5, 0.6) is 0 Å². The van der Waals surface area contributed by atoms with Gasteiger partial charge in [-0.25, -0.2) is 0 Å². The molecule has 7 heteroatoms. The van der Waals surface area contributed by atoms with Gasteiger partial charge in [-0.05, 0) is 37.8 Å². The van der Waals surface area contributed by atoms with E-state index in [-0.39, 0.29) is 17.7 Å². The molecule has 1 amide bonds. The van der Waals surface area contributed by atoms with Crippen molar-refractivity contribution in [3.63, 3.8) is 0 Å². The molecule has 122 valence electrons. The van der Waals surface area contributed by atoms with Gasteiger partial charge in [0.05, 0.1) is 22.6 Å². The van der Waals surface area contributed by atoms with Crippen molar-refractivity contribution in [1.29, 1.82) is 0 Å². The highest BCUT2D eigenvalue weighted by Crippen LogP contribution is 2.49. The van der Waals surface area contributed by atoms with Crippen molar-refractivity contribution in [2.45, 2.75) is 32.4 Å². The van der Waals surface area contributed by atoms with Crippen LogP contribution in [0.25, 0.3) is 0 Å². The molecule has 1 saturated carbocycles. The Morgan fingerprint density at radius 3 is 2.70 bits per heavy atom. The fraction of sp³-hybridized carbons (Fsp3) is 0.375. The summed E-state index contributed by atoms with van der Waals surface area (Å²) in [6, 6.07) is 5.20. The Balaban J connectivity index is 1.71. The molecule has 2 atom stereocenters. The zero-order valence-corrected chi connectivity index (χ0v) is 12.7. The molecule has 2 aromatic rings. The SMILES string of the molecule is Cc1n[nH]c(C)c1NC(=O)[C@H]1C[C@@H]1c1cccc(C(F)(F)F)c1. The minimum atomic E-state index is -4.37. The number of aromatic nitrogens is 2. The number of nitrogens with zero attached hydrogens (tertiary/aromatic N) is 1. The zero-order chi connectivity index (χ0) is 16.8. The normalized spacial score (nSPS) is 20.4. The summed E-state index contributed by atoms with van der Waals surface area (Å²) in [5.41, 5.74) is 1.96. The second kappa shape index (κ2) is 5.40. The number of nitrogens with one attached hydrogen (secondary N) is 2. The van der Waals surface area contributed by atoms with Crippen molar-refractivity contribution in [3.05, 3.63) is 46.8 Å². The summed E-state index contributed by atoms with van der Waals surface area (Å²) >= 11 is 0. The van der Waals surface area contributed by atoms with Crippen LogP contribution in [0.1, 0.15) is 34.9 Å². The first kappa shape index (κ1) is 15.6. The highest BCUT2D eigenvalue weighted by Gasteiger charge is 2.45. The van der Waals surface area contributed by atoms with E-state index in [1.54, 1.807) is 19.9 Å². The van der Waals surface area contributed by atoms with Crippen LogP contribution in [-0.2, 0) is 11.0 Å². The third-order valence-electron chi connectivity index (χ3n) is 4.15. The largest absolute Gasteiger partial charge is 0.416 e. The maximum Gasteiger partial charge on any atom is 0.416 e. The number of rotatable bonds is 3. The summed E-state index contributed by atoms with van der Waals surface area (Å²) in [6.07, 6.45) is -3.81.